The highest BCUT2D eigenvalue weighted by Crippen LogP contribution is 2.30. The zero-order chi connectivity index (χ0) is 18.9. The minimum atomic E-state index is -0.518. The zero-order valence-corrected chi connectivity index (χ0v) is 15.3. The Balaban J connectivity index is 1.76. The van der Waals surface area contributed by atoms with Crippen LogP contribution in [0.1, 0.15) is 12.0 Å². The molecule has 2 aromatic carbocycles. The van der Waals surface area contributed by atoms with Gasteiger partial charge in [0, 0.05) is 11.1 Å². The van der Waals surface area contributed by atoms with Crippen LogP contribution in [0.3, 0.4) is 0 Å². The van der Waals surface area contributed by atoms with E-state index in [1.54, 1.807) is 24.3 Å². The number of nitrogens with one attached hydrogen (secondary N) is 1. The Morgan fingerprint density at radius 2 is 1.88 bits per heavy atom. The number of hydrogen-bond acceptors (Lipinski definition) is 5. The number of amides is 1. The van der Waals surface area contributed by atoms with Crippen molar-refractivity contribution in [1.82, 2.24) is 0 Å². The monoisotopic (exact) mass is 377 g/mol. The quantitative estimate of drug-likeness (QED) is 0.711. The Morgan fingerprint density at radius 3 is 2.58 bits per heavy atom. The maximum atomic E-state index is 12.0. The smallest absolute Gasteiger partial charge is 0.309 e. The Morgan fingerprint density at radius 1 is 1.15 bits per heavy atom. The van der Waals surface area contributed by atoms with Crippen LogP contribution in [0.4, 0.5) is 5.69 Å². The highest BCUT2D eigenvalue weighted by atomic mass is 35.5. The lowest BCUT2D eigenvalue weighted by atomic mass is 10.2. The fraction of sp³-hybridized carbons (Fsp3) is 0.263. The molecule has 0 saturated carbocycles. The number of hydrogen-bond donors (Lipinski definition) is 1. The number of aryl methyl sites for hydroxylation is 1. The average molecular weight is 378 g/mol. The van der Waals surface area contributed by atoms with E-state index in [1.165, 1.54) is 7.11 Å². The highest BCUT2D eigenvalue weighted by Gasteiger charge is 2.12. The van der Waals surface area contributed by atoms with E-state index in [9.17, 15) is 9.59 Å². The van der Waals surface area contributed by atoms with Gasteiger partial charge in [0.15, 0.2) is 6.61 Å². The molecule has 0 aliphatic heterocycles. The molecule has 0 saturated heterocycles. The highest BCUT2D eigenvalue weighted by molar-refractivity contribution is 6.31. The number of anilines is 1. The number of esters is 1. The second-order valence-corrected chi connectivity index (χ2v) is 5.83. The van der Waals surface area contributed by atoms with E-state index < -0.39 is 18.5 Å². The topological polar surface area (TPSA) is 73.9 Å². The van der Waals surface area contributed by atoms with Gasteiger partial charge in [0.25, 0.3) is 5.91 Å². The summed E-state index contributed by atoms with van der Waals surface area (Å²) in [6.45, 7) is 1.59. The number of carbonyl (C=O) groups excluding carboxylic acids is 2. The lowest BCUT2D eigenvalue weighted by Crippen LogP contribution is -2.22. The van der Waals surface area contributed by atoms with Crippen molar-refractivity contribution in [3.05, 3.63) is 53.1 Å². The summed E-state index contributed by atoms with van der Waals surface area (Å²) in [7, 11) is 1.48. The number of halogens is 1. The fourth-order valence-corrected chi connectivity index (χ4v) is 2.26. The molecule has 0 unspecified atom stereocenters. The fourth-order valence-electron chi connectivity index (χ4n) is 2.10. The predicted molar refractivity (Wildman–Crippen MR) is 98.9 cm³/mol. The molecule has 1 N–H and O–H groups in total. The van der Waals surface area contributed by atoms with Crippen LogP contribution in [0.25, 0.3) is 0 Å². The van der Waals surface area contributed by atoms with Crippen LogP contribution in [0.5, 0.6) is 11.5 Å². The van der Waals surface area contributed by atoms with Crippen molar-refractivity contribution < 1.29 is 23.8 Å². The minimum Gasteiger partial charge on any atom is -0.495 e. The molecule has 2 rings (SSSR count). The van der Waals surface area contributed by atoms with E-state index in [0.717, 1.165) is 5.56 Å². The second-order valence-electron chi connectivity index (χ2n) is 5.42. The molecule has 0 radical (unpaired) electrons. The molecule has 0 aromatic heterocycles. The summed E-state index contributed by atoms with van der Waals surface area (Å²) in [5.41, 5.74) is 1.25. The Bertz CT molecular complexity index is 764. The summed E-state index contributed by atoms with van der Waals surface area (Å²) in [6.07, 6.45) is 0.0472. The van der Waals surface area contributed by atoms with Crippen molar-refractivity contribution >= 4 is 29.2 Å². The molecule has 0 bridgehead atoms. The van der Waals surface area contributed by atoms with Gasteiger partial charge < -0.3 is 19.5 Å². The van der Waals surface area contributed by atoms with Gasteiger partial charge in [-0.05, 0) is 30.7 Å². The first-order chi connectivity index (χ1) is 12.5. The first kappa shape index (κ1) is 19.6. The normalized spacial score (nSPS) is 10.1. The van der Waals surface area contributed by atoms with E-state index >= 15 is 0 Å². The zero-order valence-electron chi connectivity index (χ0n) is 14.6. The number of para-hydroxylation sites is 1. The van der Waals surface area contributed by atoms with Crippen molar-refractivity contribution in [2.24, 2.45) is 0 Å². The van der Waals surface area contributed by atoms with Crippen LogP contribution in [0.2, 0.25) is 5.02 Å². The molecule has 0 aliphatic rings. The number of ether oxygens (including phenoxy) is 3. The summed E-state index contributed by atoms with van der Waals surface area (Å²) < 4.78 is 15.5. The Labute approximate surface area is 157 Å². The molecular weight excluding hydrogens is 358 g/mol. The van der Waals surface area contributed by atoms with Crippen LogP contribution in [-0.4, -0.2) is 32.2 Å². The van der Waals surface area contributed by atoms with Crippen molar-refractivity contribution in [1.29, 1.82) is 0 Å². The summed E-state index contributed by atoms with van der Waals surface area (Å²) in [5, 5.41) is 3.17. The molecule has 0 fully saturated rings. The predicted octanol–water partition coefficient (Wildman–Crippen LogP) is 3.61. The molecule has 2 aromatic rings. The molecule has 0 spiro atoms. The van der Waals surface area contributed by atoms with Gasteiger partial charge in [0.05, 0.1) is 25.8 Å². The number of rotatable bonds is 8. The maximum Gasteiger partial charge on any atom is 0.309 e. The van der Waals surface area contributed by atoms with E-state index in [1.807, 2.05) is 25.1 Å². The Hall–Kier alpha value is -2.73. The summed E-state index contributed by atoms with van der Waals surface area (Å²) in [5.74, 6) is 0.109. The molecular formula is C19H20ClNO5. The number of methoxy groups -OCH3 is 1. The van der Waals surface area contributed by atoms with E-state index in [0.29, 0.717) is 22.2 Å². The van der Waals surface area contributed by atoms with Gasteiger partial charge in [0.1, 0.15) is 11.5 Å². The number of carbonyl (C=O) groups is 2. The van der Waals surface area contributed by atoms with Crippen molar-refractivity contribution in [2.45, 2.75) is 13.3 Å². The standard InChI is InChI=1S/C19H20ClNO5/c1-13-10-16(17(24-2)11-15(13)20)21-18(22)12-26-19(23)8-9-25-14-6-4-3-5-7-14/h3-7,10-11H,8-9,12H2,1-2H3,(H,21,22). The van der Waals surface area contributed by atoms with Crippen LogP contribution in [0.15, 0.2) is 42.5 Å². The number of benzene rings is 2. The van der Waals surface area contributed by atoms with Crippen LogP contribution in [0, 0.1) is 6.92 Å². The van der Waals surface area contributed by atoms with Gasteiger partial charge in [-0.15, -0.1) is 0 Å². The molecule has 138 valence electrons. The van der Waals surface area contributed by atoms with Crippen molar-refractivity contribution in [3.8, 4) is 11.5 Å². The van der Waals surface area contributed by atoms with Gasteiger partial charge in [0.2, 0.25) is 0 Å². The summed E-state index contributed by atoms with van der Waals surface area (Å²) in [4.78, 5) is 23.7. The van der Waals surface area contributed by atoms with Crippen LogP contribution < -0.4 is 14.8 Å². The third kappa shape index (κ3) is 5.97. The van der Waals surface area contributed by atoms with E-state index in [-0.39, 0.29) is 13.0 Å². The van der Waals surface area contributed by atoms with Gasteiger partial charge in [-0.2, -0.15) is 0 Å². The minimum absolute atomic E-state index is 0.0472. The lowest BCUT2D eigenvalue weighted by molar-refractivity contribution is -0.147. The van der Waals surface area contributed by atoms with E-state index in [2.05, 4.69) is 5.32 Å². The summed E-state index contributed by atoms with van der Waals surface area (Å²) in [6, 6.07) is 12.4. The average Bonchev–Trinajstić information content (AvgIpc) is 2.63. The molecule has 26 heavy (non-hydrogen) atoms. The van der Waals surface area contributed by atoms with Gasteiger partial charge in [-0.1, -0.05) is 29.8 Å². The molecule has 0 heterocycles. The SMILES string of the molecule is COc1cc(Cl)c(C)cc1NC(=O)COC(=O)CCOc1ccccc1. The third-order valence-electron chi connectivity index (χ3n) is 3.44. The molecule has 1 amide bonds. The summed E-state index contributed by atoms with van der Waals surface area (Å²) >= 11 is 6.02. The second kappa shape index (κ2) is 9.68. The van der Waals surface area contributed by atoms with E-state index in [4.69, 9.17) is 25.8 Å². The van der Waals surface area contributed by atoms with Crippen LogP contribution in [-0.2, 0) is 14.3 Å². The third-order valence-corrected chi connectivity index (χ3v) is 3.84. The molecule has 0 atom stereocenters. The molecule has 0 aliphatic carbocycles. The van der Waals surface area contributed by atoms with Gasteiger partial charge >= 0.3 is 5.97 Å². The Kier molecular flexibility index (Phi) is 7.29. The van der Waals surface area contributed by atoms with Crippen LogP contribution >= 0.6 is 11.6 Å². The van der Waals surface area contributed by atoms with Crippen molar-refractivity contribution in [3.63, 3.8) is 0 Å². The van der Waals surface area contributed by atoms with Gasteiger partial charge in [-0.25, -0.2) is 0 Å². The first-order valence-electron chi connectivity index (χ1n) is 7.97. The van der Waals surface area contributed by atoms with Gasteiger partial charge in [-0.3, -0.25) is 9.59 Å². The first-order valence-corrected chi connectivity index (χ1v) is 8.35. The molecule has 6 nitrogen and oxygen atoms in total. The van der Waals surface area contributed by atoms with Crippen molar-refractivity contribution in [2.75, 3.05) is 25.6 Å². The molecule has 7 heteroatoms. The largest absolute Gasteiger partial charge is 0.495 e. The lowest BCUT2D eigenvalue weighted by Gasteiger charge is -2.12. The maximum absolute atomic E-state index is 12.0.